The Bertz CT molecular complexity index is 800. The third-order valence-corrected chi connectivity index (χ3v) is 5.71. The van der Waals surface area contributed by atoms with Gasteiger partial charge in [0.2, 0.25) is 0 Å². The Morgan fingerprint density at radius 3 is 2.72 bits per heavy atom. The number of carboxylic acid groups (broad SMARTS) is 1. The summed E-state index contributed by atoms with van der Waals surface area (Å²) >= 11 is 6.32. The molecule has 5 atom stereocenters. The van der Waals surface area contributed by atoms with Crippen molar-refractivity contribution in [1.82, 2.24) is 0 Å². The zero-order valence-electron chi connectivity index (χ0n) is 18.6. The molecule has 0 aromatic heterocycles. The van der Waals surface area contributed by atoms with Crippen LogP contribution in [-0.2, 0) is 28.6 Å². The monoisotopic (exact) mass is 470 g/mol. The molecule has 0 saturated carbocycles. The fourth-order valence-corrected chi connectivity index (χ4v) is 4.01. The molecule has 0 aromatic rings. The smallest absolute Gasteiger partial charge is 0.310 e. The van der Waals surface area contributed by atoms with E-state index < -0.39 is 42.3 Å². The SMILES string of the molecule is CC(=O)O[C@H]1CC(=O)O[C@H]2C[C@H](CC/C(Cl)=C/C/C=C\1C)O[C@@H]2[C@H](O)/C=C(\C)CC(=O)O. The van der Waals surface area contributed by atoms with Crippen LogP contribution in [0.4, 0.5) is 0 Å². The molecule has 0 radical (unpaired) electrons. The van der Waals surface area contributed by atoms with Crippen molar-refractivity contribution in [3.63, 3.8) is 0 Å². The Morgan fingerprint density at radius 2 is 2.06 bits per heavy atom. The summed E-state index contributed by atoms with van der Waals surface area (Å²) in [5.41, 5.74) is 1.17. The van der Waals surface area contributed by atoms with Crippen molar-refractivity contribution in [3.05, 3.63) is 34.4 Å². The van der Waals surface area contributed by atoms with Gasteiger partial charge in [-0.1, -0.05) is 35.4 Å². The van der Waals surface area contributed by atoms with E-state index in [0.29, 0.717) is 41.9 Å². The molecule has 178 valence electrons. The summed E-state index contributed by atoms with van der Waals surface area (Å²) in [5.74, 6) is -2.10. The molecule has 1 saturated heterocycles. The van der Waals surface area contributed by atoms with Gasteiger partial charge in [0.25, 0.3) is 0 Å². The second-order valence-electron chi connectivity index (χ2n) is 8.24. The summed E-state index contributed by atoms with van der Waals surface area (Å²) in [5, 5.41) is 20.3. The molecular weight excluding hydrogens is 440 g/mol. The fourth-order valence-electron chi connectivity index (χ4n) is 3.81. The van der Waals surface area contributed by atoms with Gasteiger partial charge in [-0.25, -0.2) is 0 Å². The minimum absolute atomic E-state index is 0.169. The number of aliphatic hydroxyl groups is 1. The highest BCUT2D eigenvalue weighted by Gasteiger charge is 2.41. The van der Waals surface area contributed by atoms with Crippen LogP contribution in [0.25, 0.3) is 0 Å². The summed E-state index contributed by atoms with van der Waals surface area (Å²) in [6.07, 6.45) is 3.01. The first-order valence-corrected chi connectivity index (χ1v) is 11.0. The highest BCUT2D eigenvalue weighted by atomic mass is 35.5. The predicted molar refractivity (Wildman–Crippen MR) is 117 cm³/mol. The molecule has 8 nitrogen and oxygen atoms in total. The van der Waals surface area contributed by atoms with Crippen LogP contribution in [0.15, 0.2) is 34.4 Å². The molecule has 0 unspecified atom stereocenters. The van der Waals surface area contributed by atoms with Gasteiger partial charge in [0.05, 0.1) is 18.9 Å². The van der Waals surface area contributed by atoms with E-state index in [0.717, 1.165) is 0 Å². The Balaban J connectivity index is 2.25. The van der Waals surface area contributed by atoms with E-state index in [2.05, 4.69) is 0 Å². The molecule has 2 bridgehead atoms. The third kappa shape index (κ3) is 8.41. The lowest BCUT2D eigenvalue weighted by molar-refractivity contribution is -0.159. The first-order chi connectivity index (χ1) is 15.0. The van der Waals surface area contributed by atoms with Gasteiger partial charge in [-0.15, -0.1) is 0 Å². The number of hydrogen-bond donors (Lipinski definition) is 2. The van der Waals surface area contributed by atoms with Crippen molar-refractivity contribution < 1.29 is 38.8 Å². The van der Waals surface area contributed by atoms with Crippen molar-refractivity contribution >= 4 is 29.5 Å². The van der Waals surface area contributed by atoms with Crippen LogP contribution in [0.5, 0.6) is 0 Å². The van der Waals surface area contributed by atoms with Gasteiger partial charge < -0.3 is 24.4 Å². The van der Waals surface area contributed by atoms with Gasteiger partial charge in [0.1, 0.15) is 24.4 Å². The molecule has 32 heavy (non-hydrogen) atoms. The average molecular weight is 471 g/mol. The van der Waals surface area contributed by atoms with Crippen molar-refractivity contribution in [2.45, 2.75) is 89.8 Å². The Labute approximate surface area is 192 Å². The van der Waals surface area contributed by atoms with Crippen LogP contribution in [-0.4, -0.2) is 58.6 Å². The molecule has 2 rings (SSSR count). The molecule has 2 aliphatic heterocycles. The lowest BCUT2D eigenvalue weighted by atomic mass is 10.0. The highest BCUT2D eigenvalue weighted by Crippen LogP contribution is 2.31. The van der Waals surface area contributed by atoms with Crippen molar-refractivity contribution in [1.29, 1.82) is 0 Å². The average Bonchev–Trinajstić information content (AvgIpc) is 3.06. The molecule has 2 aliphatic rings. The largest absolute Gasteiger partial charge is 0.481 e. The van der Waals surface area contributed by atoms with Gasteiger partial charge in [0, 0.05) is 18.4 Å². The number of ether oxygens (including phenoxy) is 3. The lowest BCUT2D eigenvalue weighted by Gasteiger charge is -2.24. The van der Waals surface area contributed by atoms with E-state index in [9.17, 15) is 19.5 Å². The number of carboxylic acids is 1. The van der Waals surface area contributed by atoms with E-state index in [1.807, 2.05) is 12.2 Å². The van der Waals surface area contributed by atoms with Gasteiger partial charge >= 0.3 is 17.9 Å². The highest BCUT2D eigenvalue weighted by molar-refractivity contribution is 6.29. The molecule has 0 aliphatic carbocycles. The molecule has 0 aromatic carbocycles. The van der Waals surface area contributed by atoms with Crippen LogP contribution in [0.2, 0.25) is 0 Å². The Kier molecular flexibility index (Phi) is 9.93. The normalized spacial score (nSPS) is 31.9. The maximum atomic E-state index is 12.7. The quantitative estimate of drug-likeness (QED) is 0.463. The van der Waals surface area contributed by atoms with Crippen LogP contribution in [0, 0.1) is 0 Å². The van der Waals surface area contributed by atoms with E-state index in [-0.39, 0.29) is 18.9 Å². The van der Waals surface area contributed by atoms with Crippen molar-refractivity contribution in [3.8, 4) is 0 Å². The number of rotatable bonds is 5. The number of allylic oxidation sites excluding steroid dienone is 3. The molecule has 0 spiro atoms. The van der Waals surface area contributed by atoms with E-state index >= 15 is 0 Å². The number of fused-ring (bicyclic) bond motifs is 2. The van der Waals surface area contributed by atoms with Gasteiger partial charge in [-0.3, -0.25) is 14.4 Å². The molecular formula is C23H31ClO8. The lowest BCUT2D eigenvalue weighted by Crippen LogP contribution is -2.37. The van der Waals surface area contributed by atoms with Crippen LogP contribution < -0.4 is 0 Å². The Hall–Kier alpha value is -2.16. The summed E-state index contributed by atoms with van der Waals surface area (Å²) < 4.78 is 16.9. The van der Waals surface area contributed by atoms with E-state index in [1.165, 1.54) is 13.0 Å². The molecule has 2 heterocycles. The molecule has 2 N–H and O–H groups in total. The number of esters is 2. The number of hydrogen-bond acceptors (Lipinski definition) is 7. The van der Waals surface area contributed by atoms with E-state index in [4.69, 9.17) is 30.9 Å². The number of aliphatic carboxylic acids is 1. The summed E-state index contributed by atoms with van der Waals surface area (Å²) in [7, 11) is 0. The third-order valence-electron chi connectivity index (χ3n) is 5.37. The number of halogens is 1. The first kappa shape index (κ1) is 26.1. The van der Waals surface area contributed by atoms with Crippen LogP contribution in [0.3, 0.4) is 0 Å². The molecule has 9 heteroatoms. The maximum Gasteiger partial charge on any atom is 0.310 e. The first-order valence-electron chi connectivity index (χ1n) is 10.7. The maximum absolute atomic E-state index is 12.7. The zero-order valence-corrected chi connectivity index (χ0v) is 19.3. The van der Waals surface area contributed by atoms with Crippen molar-refractivity contribution in [2.75, 3.05) is 0 Å². The summed E-state index contributed by atoms with van der Waals surface area (Å²) in [6.45, 7) is 4.64. The molecule has 1 fully saturated rings. The number of aliphatic hydroxyl groups excluding tert-OH is 1. The number of carbonyl (C=O) groups is 3. The van der Waals surface area contributed by atoms with Gasteiger partial charge in [-0.2, -0.15) is 0 Å². The summed E-state index contributed by atoms with van der Waals surface area (Å²) in [4.78, 5) is 35.1. The fraction of sp³-hybridized carbons (Fsp3) is 0.609. The van der Waals surface area contributed by atoms with Crippen LogP contribution >= 0.6 is 11.6 Å². The standard InChI is InChI=1S/C23H31ClO8/c1-13(10-21(27)28)9-18(26)23-20-11-17(31-23)8-7-16(24)6-4-5-14(2)19(30-15(3)25)12-22(29)32-20/h5-6,9,17-20,23,26H,4,7-8,10-12H2,1-3H3,(H,27,28)/b13-9+,14-5-,16-6-/t17-,18+,19-,20-,23+/m0/s1. The van der Waals surface area contributed by atoms with E-state index in [1.54, 1.807) is 13.8 Å². The van der Waals surface area contributed by atoms with Gasteiger partial charge in [-0.05, 0) is 38.7 Å². The van der Waals surface area contributed by atoms with Crippen LogP contribution in [0.1, 0.15) is 59.3 Å². The Morgan fingerprint density at radius 1 is 1.34 bits per heavy atom. The second kappa shape index (κ2) is 12.2. The zero-order chi connectivity index (χ0) is 23.8. The minimum Gasteiger partial charge on any atom is -0.481 e. The minimum atomic E-state index is -1.15. The predicted octanol–water partition coefficient (Wildman–Crippen LogP) is 3.41. The summed E-state index contributed by atoms with van der Waals surface area (Å²) in [6, 6.07) is 0. The topological polar surface area (TPSA) is 119 Å². The van der Waals surface area contributed by atoms with Gasteiger partial charge in [0.15, 0.2) is 0 Å². The number of carbonyl (C=O) groups excluding carboxylic acids is 2. The second-order valence-corrected chi connectivity index (χ2v) is 8.72. The molecule has 0 amide bonds. The van der Waals surface area contributed by atoms with Crippen molar-refractivity contribution in [2.24, 2.45) is 0 Å².